The fourth-order valence-electron chi connectivity index (χ4n) is 2.20. The van der Waals surface area contributed by atoms with Gasteiger partial charge in [0, 0.05) is 11.6 Å². The van der Waals surface area contributed by atoms with E-state index in [4.69, 9.17) is 9.15 Å². The Labute approximate surface area is 137 Å². The summed E-state index contributed by atoms with van der Waals surface area (Å²) < 4.78 is 10.1. The lowest BCUT2D eigenvalue weighted by atomic mass is 10.0. The minimum atomic E-state index is -0.653. The molecule has 24 heavy (non-hydrogen) atoms. The van der Waals surface area contributed by atoms with Crippen molar-refractivity contribution in [1.82, 2.24) is 0 Å². The number of hydrogen-bond acceptors (Lipinski definition) is 6. The van der Waals surface area contributed by atoms with Crippen molar-refractivity contribution in [2.24, 2.45) is 4.99 Å². The SMILES string of the molecule is CC(C)c1ccc(C2=N/C(=C\c3ccc([N+](=O)[O-])o3)C(=O)O2)cc1. The number of ether oxygens (including phenoxy) is 1. The average Bonchev–Trinajstić information content (AvgIpc) is 3.15. The van der Waals surface area contributed by atoms with Crippen molar-refractivity contribution < 1.29 is 18.9 Å². The molecule has 0 aliphatic carbocycles. The Hall–Kier alpha value is -3.22. The van der Waals surface area contributed by atoms with Crippen LogP contribution in [0.1, 0.15) is 36.7 Å². The fraction of sp³-hybridized carbons (Fsp3) is 0.176. The first-order chi connectivity index (χ1) is 11.4. The topological polar surface area (TPSA) is 94.9 Å². The molecule has 7 heteroatoms. The van der Waals surface area contributed by atoms with E-state index in [1.807, 2.05) is 24.3 Å². The zero-order valence-electron chi connectivity index (χ0n) is 13.1. The van der Waals surface area contributed by atoms with E-state index in [2.05, 4.69) is 18.8 Å². The molecule has 0 unspecified atom stereocenters. The van der Waals surface area contributed by atoms with Crippen molar-refractivity contribution in [3.63, 3.8) is 0 Å². The molecule has 2 heterocycles. The molecule has 1 aromatic heterocycles. The summed E-state index contributed by atoms with van der Waals surface area (Å²) in [7, 11) is 0. The zero-order chi connectivity index (χ0) is 17.3. The molecular weight excluding hydrogens is 312 g/mol. The molecule has 1 aliphatic rings. The Morgan fingerprint density at radius 3 is 2.46 bits per heavy atom. The summed E-state index contributed by atoms with van der Waals surface area (Å²) in [6, 6.07) is 10.2. The van der Waals surface area contributed by atoms with E-state index in [0.29, 0.717) is 11.5 Å². The smallest absolute Gasteiger partial charge is 0.402 e. The van der Waals surface area contributed by atoms with Crippen molar-refractivity contribution >= 4 is 23.8 Å². The first-order valence-electron chi connectivity index (χ1n) is 7.31. The number of hydrogen-bond donors (Lipinski definition) is 0. The second-order valence-corrected chi connectivity index (χ2v) is 5.55. The van der Waals surface area contributed by atoms with Crippen molar-refractivity contribution in [2.75, 3.05) is 0 Å². The van der Waals surface area contributed by atoms with Gasteiger partial charge >= 0.3 is 11.9 Å². The molecular formula is C17H14N2O5. The summed E-state index contributed by atoms with van der Waals surface area (Å²) in [6.07, 6.45) is 1.31. The highest BCUT2D eigenvalue weighted by Gasteiger charge is 2.25. The van der Waals surface area contributed by atoms with Gasteiger partial charge in [0.25, 0.3) is 0 Å². The summed E-state index contributed by atoms with van der Waals surface area (Å²) in [4.78, 5) is 26.0. The number of benzene rings is 1. The molecule has 0 bridgehead atoms. The third-order valence-corrected chi connectivity index (χ3v) is 3.52. The van der Waals surface area contributed by atoms with Crippen molar-refractivity contribution in [2.45, 2.75) is 19.8 Å². The lowest BCUT2D eigenvalue weighted by molar-refractivity contribution is -0.402. The molecule has 0 fully saturated rings. The number of nitrogens with zero attached hydrogens (tertiary/aromatic N) is 2. The summed E-state index contributed by atoms with van der Waals surface area (Å²) in [5.74, 6) is -0.271. The predicted octanol–water partition coefficient (Wildman–Crippen LogP) is 3.66. The number of carbonyl (C=O) groups is 1. The van der Waals surface area contributed by atoms with E-state index in [0.717, 1.165) is 0 Å². The number of nitro groups is 1. The largest absolute Gasteiger partial charge is 0.433 e. The van der Waals surface area contributed by atoms with Gasteiger partial charge in [0.05, 0.1) is 6.07 Å². The van der Waals surface area contributed by atoms with Crippen LogP contribution in [0.3, 0.4) is 0 Å². The maximum absolute atomic E-state index is 11.9. The molecule has 0 saturated heterocycles. The van der Waals surface area contributed by atoms with Crippen LogP contribution in [0.4, 0.5) is 5.88 Å². The van der Waals surface area contributed by atoms with Gasteiger partial charge in [-0.3, -0.25) is 10.1 Å². The van der Waals surface area contributed by atoms with Gasteiger partial charge in [-0.1, -0.05) is 26.0 Å². The highest BCUT2D eigenvalue weighted by atomic mass is 16.6. The quantitative estimate of drug-likeness (QED) is 0.370. The van der Waals surface area contributed by atoms with E-state index in [-0.39, 0.29) is 17.4 Å². The second kappa shape index (κ2) is 6.11. The molecule has 2 aromatic rings. The number of cyclic esters (lactones) is 1. The number of esters is 1. The van der Waals surface area contributed by atoms with Crippen LogP contribution in [0.5, 0.6) is 0 Å². The molecule has 0 atom stereocenters. The fourth-order valence-corrected chi connectivity index (χ4v) is 2.20. The third-order valence-electron chi connectivity index (χ3n) is 3.52. The van der Waals surface area contributed by atoms with Crippen LogP contribution in [0.15, 0.2) is 51.5 Å². The molecule has 3 rings (SSSR count). The summed E-state index contributed by atoms with van der Waals surface area (Å²) in [5, 5.41) is 10.6. The van der Waals surface area contributed by atoms with E-state index < -0.39 is 16.8 Å². The second-order valence-electron chi connectivity index (χ2n) is 5.55. The summed E-state index contributed by atoms with van der Waals surface area (Å²) >= 11 is 0. The highest BCUT2D eigenvalue weighted by molar-refractivity contribution is 6.12. The van der Waals surface area contributed by atoms with Crippen LogP contribution in [0.25, 0.3) is 6.08 Å². The predicted molar refractivity (Wildman–Crippen MR) is 86.5 cm³/mol. The Kier molecular flexibility index (Phi) is 3.99. The van der Waals surface area contributed by atoms with E-state index >= 15 is 0 Å². The van der Waals surface area contributed by atoms with Crippen LogP contribution in [0.2, 0.25) is 0 Å². The third kappa shape index (κ3) is 3.10. The van der Waals surface area contributed by atoms with Gasteiger partial charge in [-0.25, -0.2) is 9.79 Å². The first kappa shape index (κ1) is 15.7. The summed E-state index contributed by atoms with van der Waals surface area (Å²) in [5.41, 5.74) is 1.88. The van der Waals surface area contributed by atoms with Gasteiger partial charge in [0.15, 0.2) is 5.70 Å². The summed E-state index contributed by atoms with van der Waals surface area (Å²) in [6.45, 7) is 4.18. The molecule has 1 aliphatic heterocycles. The molecule has 0 radical (unpaired) electrons. The lowest BCUT2D eigenvalue weighted by Gasteiger charge is -2.05. The molecule has 0 N–H and O–H groups in total. The maximum Gasteiger partial charge on any atom is 0.433 e. The van der Waals surface area contributed by atoms with Crippen LogP contribution in [-0.2, 0) is 9.53 Å². The van der Waals surface area contributed by atoms with Crippen LogP contribution < -0.4 is 0 Å². The van der Waals surface area contributed by atoms with Crippen LogP contribution in [-0.4, -0.2) is 16.8 Å². The Morgan fingerprint density at radius 1 is 1.17 bits per heavy atom. The van der Waals surface area contributed by atoms with E-state index in [9.17, 15) is 14.9 Å². The number of rotatable bonds is 4. The van der Waals surface area contributed by atoms with Crippen molar-refractivity contribution in [3.05, 3.63) is 69.1 Å². The molecule has 0 amide bonds. The highest BCUT2D eigenvalue weighted by Crippen LogP contribution is 2.23. The molecule has 1 aromatic carbocycles. The number of aliphatic imine (C=N–C) groups is 1. The molecule has 0 spiro atoms. The average molecular weight is 326 g/mol. The van der Waals surface area contributed by atoms with Gasteiger partial charge in [0.1, 0.15) is 10.7 Å². The Morgan fingerprint density at radius 2 is 1.88 bits per heavy atom. The monoisotopic (exact) mass is 326 g/mol. The van der Waals surface area contributed by atoms with Gasteiger partial charge in [-0.05, 0) is 29.7 Å². The lowest BCUT2D eigenvalue weighted by Crippen LogP contribution is -2.05. The minimum Gasteiger partial charge on any atom is -0.402 e. The maximum atomic E-state index is 11.9. The molecule has 7 nitrogen and oxygen atoms in total. The van der Waals surface area contributed by atoms with Gasteiger partial charge < -0.3 is 9.15 Å². The normalized spacial score (nSPS) is 15.7. The Balaban J connectivity index is 1.86. The van der Waals surface area contributed by atoms with Gasteiger partial charge in [0.2, 0.25) is 5.90 Å². The van der Waals surface area contributed by atoms with Crippen LogP contribution >= 0.6 is 0 Å². The van der Waals surface area contributed by atoms with Crippen LogP contribution in [0, 0.1) is 10.1 Å². The Bertz CT molecular complexity index is 859. The van der Waals surface area contributed by atoms with Crippen molar-refractivity contribution in [1.29, 1.82) is 0 Å². The molecule has 0 saturated carbocycles. The first-order valence-corrected chi connectivity index (χ1v) is 7.31. The molecule has 122 valence electrons. The van der Waals surface area contributed by atoms with Crippen molar-refractivity contribution in [3.8, 4) is 0 Å². The van der Waals surface area contributed by atoms with Gasteiger partial charge in [-0.15, -0.1) is 0 Å². The number of carbonyl (C=O) groups excluding carboxylic acids is 1. The van der Waals surface area contributed by atoms with E-state index in [1.165, 1.54) is 23.8 Å². The van der Waals surface area contributed by atoms with E-state index in [1.54, 1.807) is 0 Å². The zero-order valence-corrected chi connectivity index (χ0v) is 13.1. The standard InChI is InChI=1S/C17H14N2O5/c1-10(2)11-3-5-12(6-4-11)16-18-14(17(20)24-16)9-13-7-8-15(23-13)19(21)22/h3-10H,1-2H3/b14-9-. The van der Waals surface area contributed by atoms with Gasteiger partial charge in [-0.2, -0.15) is 0 Å². The minimum absolute atomic E-state index is 0.0298. The number of furan rings is 1.